The van der Waals surface area contributed by atoms with Crippen molar-refractivity contribution in [3.63, 3.8) is 0 Å². The van der Waals surface area contributed by atoms with E-state index in [0.717, 1.165) is 11.3 Å². The number of nitrogens with one attached hydrogen (secondary N) is 1. The van der Waals surface area contributed by atoms with Gasteiger partial charge >= 0.3 is 0 Å². The Morgan fingerprint density at radius 3 is 2.34 bits per heavy atom. The third kappa shape index (κ3) is 4.21. The number of benzene rings is 3. The van der Waals surface area contributed by atoms with Gasteiger partial charge in [-0.1, -0.05) is 42.5 Å². The second kappa shape index (κ2) is 9.39. The molecule has 0 bridgehead atoms. The van der Waals surface area contributed by atoms with Crippen LogP contribution in [0.25, 0.3) is 16.9 Å². The van der Waals surface area contributed by atoms with Crippen molar-refractivity contribution in [2.24, 2.45) is 4.99 Å². The maximum Gasteiger partial charge on any atom is 0.280 e. The molecule has 0 spiro atoms. The molecule has 1 heterocycles. The molecule has 0 saturated heterocycles. The summed E-state index contributed by atoms with van der Waals surface area (Å²) in [7, 11) is 1.61. The van der Waals surface area contributed by atoms with Crippen molar-refractivity contribution in [3.8, 4) is 28.4 Å². The van der Waals surface area contributed by atoms with Crippen LogP contribution in [0.2, 0.25) is 0 Å². The van der Waals surface area contributed by atoms with Gasteiger partial charge in [-0.3, -0.25) is 9.89 Å². The fraction of sp³-hybridized carbons (Fsp3) is 0.154. The average Bonchev–Trinajstić information content (AvgIpc) is 3.18. The molecular formula is C26H25N3O3. The molecule has 0 aliphatic heterocycles. The molecule has 6 nitrogen and oxygen atoms in total. The number of methoxy groups -OCH3 is 1. The van der Waals surface area contributed by atoms with Crippen molar-refractivity contribution >= 4 is 11.4 Å². The quantitative estimate of drug-likeness (QED) is 0.403. The molecule has 3 aromatic carbocycles. The molecular weight excluding hydrogens is 402 g/mol. The molecule has 0 radical (unpaired) electrons. The number of aromatic amines is 1. The van der Waals surface area contributed by atoms with Crippen molar-refractivity contribution < 1.29 is 9.47 Å². The van der Waals surface area contributed by atoms with Crippen molar-refractivity contribution in [3.05, 3.63) is 94.8 Å². The van der Waals surface area contributed by atoms with Crippen LogP contribution in [0.3, 0.4) is 0 Å². The lowest BCUT2D eigenvalue weighted by molar-refractivity contribution is 0.341. The topological polar surface area (TPSA) is 68.6 Å². The van der Waals surface area contributed by atoms with Crippen LogP contribution in [-0.2, 0) is 0 Å². The monoisotopic (exact) mass is 427 g/mol. The Hall–Kier alpha value is -4.06. The third-order valence-electron chi connectivity index (χ3n) is 5.10. The van der Waals surface area contributed by atoms with Crippen LogP contribution >= 0.6 is 0 Å². The average molecular weight is 428 g/mol. The summed E-state index contributed by atoms with van der Waals surface area (Å²) in [6.45, 7) is 4.31. The predicted molar refractivity (Wildman–Crippen MR) is 128 cm³/mol. The van der Waals surface area contributed by atoms with Gasteiger partial charge < -0.3 is 9.47 Å². The first-order chi connectivity index (χ1) is 15.6. The minimum atomic E-state index is -0.177. The van der Waals surface area contributed by atoms with Crippen LogP contribution in [0.4, 0.5) is 5.69 Å². The first kappa shape index (κ1) is 21.2. The summed E-state index contributed by atoms with van der Waals surface area (Å²) in [5.41, 5.74) is 3.94. The predicted octanol–water partition coefficient (Wildman–Crippen LogP) is 5.38. The van der Waals surface area contributed by atoms with Gasteiger partial charge in [0.2, 0.25) is 0 Å². The number of hydrogen-bond donors (Lipinski definition) is 1. The number of rotatable bonds is 7. The van der Waals surface area contributed by atoms with Gasteiger partial charge in [0.15, 0.2) is 0 Å². The van der Waals surface area contributed by atoms with E-state index in [9.17, 15) is 4.79 Å². The lowest BCUT2D eigenvalue weighted by Crippen LogP contribution is -2.19. The van der Waals surface area contributed by atoms with E-state index >= 15 is 0 Å². The summed E-state index contributed by atoms with van der Waals surface area (Å²) in [6, 6.07) is 24.7. The maximum atomic E-state index is 13.5. The lowest BCUT2D eigenvalue weighted by atomic mass is 10.1. The van der Waals surface area contributed by atoms with E-state index in [1.165, 1.54) is 4.68 Å². The maximum absolute atomic E-state index is 13.5. The Bertz CT molecular complexity index is 1290. The normalized spacial score (nSPS) is 11.4. The Labute approximate surface area is 186 Å². The number of hydrogen-bond acceptors (Lipinski definition) is 4. The standard InChI is InChI=1S/C26H25N3O3/c1-4-32-23-13-9-8-12-22(23)27-18(2)24-25(19-10-6-5-7-11-19)28-29(26(24)30)20-14-16-21(31-3)17-15-20/h5-17,28H,4H2,1-3H3. The molecule has 1 aromatic heterocycles. The highest BCUT2D eigenvalue weighted by Gasteiger charge is 2.19. The second-order valence-corrected chi connectivity index (χ2v) is 7.16. The fourth-order valence-electron chi connectivity index (χ4n) is 3.56. The zero-order valence-corrected chi connectivity index (χ0v) is 18.3. The number of H-pyrrole nitrogens is 1. The fourth-order valence-corrected chi connectivity index (χ4v) is 3.56. The first-order valence-electron chi connectivity index (χ1n) is 10.4. The van der Waals surface area contributed by atoms with Gasteiger partial charge in [0, 0.05) is 5.56 Å². The van der Waals surface area contributed by atoms with Crippen molar-refractivity contribution in [2.45, 2.75) is 13.8 Å². The Morgan fingerprint density at radius 2 is 1.66 bits per heavy atom. The molecule has 0 fully saturated rings. The van der Waals surface area contributed by atoms with Gasteiger partial charge in [0.05, 0.1) is 36.4 Å². The second-order valence-electron chi connectivity index (χ2n) is 7.16. The molecule has 32 heavy (non-hydrogen) atoms. The summed E-state index contributed by atoms with van der Waals surface area (Å²) in [4.78, 5) is 18.3. The van der Waals surface area contributed by atoms with Crippen LogP contribution < -0.4 is 15.0 Å². The van der Waals surface area contributed by atoms with E-state index in [-0.39, 0.29) is 5.56 Å². The van der Waals surface area contributed by atoms with Gasteiger partial charge in [-0.2, -0.15) is 0 Å². The smallest absolute Gasteiger partial charge is 0.280 e. The highest BCUT2D eigenvalue weighted by atomic mass is 16.5. The summed E-state index contributed by atoms with van der Waals surface area (Å²) in [6.07, 6.45) is 0. The molecule has 0 unspecified atom stereocenters. The van der Waals surface area contributed by atoms with Gasteiger partial charge in [0.25, 0.3) is 5.56 Å². The number of aliphatic imine (C=N–C) groups is 1. The number of ether oxygens (including phenoxy) is 2. The highest BCUT2D eigenvalue weighted by molar-refractivity contribution is 6.05. The zero-order valence-electron chi connectivity index (χ0n) is 18.3. The lowest BCUT2D eigenvalue weighted by Gasteiger charge is -2.07. The van der Waals surface area contributed by atoms with Gasteiger partial charge in [-0.25, -0.2) is 9.67 Å². The molecule has 0 saturated carbocycles. The van der Waals surface area contributed by atoms with E-state index in [1.807, 2.05) is 92.7 Å². The zero-order chi connectivity index (χ0) is 22.5. The van der Waals surface area contributed by atoms with Gasteiger partial charge in [0.1, 0.15) is 17.2 Å². The number of para-hydroxylation sites is 2. The van der Waals surface area contributed by atoms with Crippen molar-refractivity contribution in [1.29, 1.82) is 0 Å². The largest absolute Gasteiger partial charge is 0.497 e. The highest BCUT2D eigenvalue weighted by Crippen LogP contribution is 2.29. The Balaban J connectivity index is 1.88. The summed E-state index contributed by atoms with van der Waals surface area (Å²) >= 11 is 0. The van der Waals surface area contributed by atoms with Crippen LogP contribution in [0.5, 0.6) is 11.5 Å². The third-order valence-corrected chi connectivity index (χ3v) is 5.10. The molecule has 1 N–H and O–H groups in total. The molecule has 0 aliphatic rings. The van der Waals surface area contributed by atoms with Gasteiger partial charge in [-0.05, 0) is 50.2 Å². The van der Waals surface area contributed by atoms with Crippen LogP contribution in [0.15, 0.2) is 88.6 Å². The molecule has 0 aliphatic carbocycles. The van der Waals surface area contributed by atoms with E-state index < -0.39 is 0 Å². The van der Waals surface area contributed by atoms with Crippen LogP contribution in [0.1, 0.15) is 19.4 Å². The molecule has 0 atom stereocenters. The summed E-state index contributed by atoms with van der Waals surface area (Å²) in [5.74, 6) is 1.41. The van der Waals surface area contributed by atoms with Gasteiger partial charge in [-0.15, -0.1) is 0 Å². The Kier molecular flexibility index (Phi) is 6.22. The van der Waals surface area contributed by atoms with Crippen molar-refractivity contribution in [2.75, 3.05) is 13.7 Å². The minimum Gasteiger partial charge on any atom is -0.497 e. The summed E-state index contributed by atoms with van der Waals surface area (Å²) in [5, 5.41) is 3.28. The molecule has 4 rings (SSSR count). The first-order valence-corrected chi connectivity index (χ1v) is 10.4. The van der Waals surface area contributed by atoms with E-state index in [4.69, 9.17) is 14.5 Å². The Morgan fingerprint density at radius 1 is 0.969 bits per heavy atom. The van der Waals surface area contributed by atoms with Crippen LogP contribution in [-0.4, -0.2) is 29.2 Å². The molecule has 162 valence electrons. The van der Waals surface area contributed by atoms with E-state index in [2.05, 4.69) is 5.10 Å². The van der Waals surface area contributed by atoms with Crippen molar-refractivity contribution in [1.82, 2.24) is 9.78 Å². The van der Waals surface area contributed by atoms with E-state index in [0.29, 0.717) is 40.7 Å². The molecule has 0 amide bonds. The minimum absolute atomic E-state index is 0.177. The SMILES string of the molecule is CCOc1ccccc1N=C(C)c1c(-c2ccccc2)[nH]n(-c2ccc(OC)cc2)c1=O. The summed E-state index contributed by atoms with van der Waals surface area (Å²) < 4.78 is 12.5. The molecule has 6 heteroatoms. The molecule has 4 aromatic rings. The number of aromatic nitrogens is 2. The van der Waals surface area contributed by atoms with Crippen LogP contribution in [0, 0.1) is 0 Å². The van der Waals surface area contributed by atoms with E-state index in [1.54, 1.807) is 7.11 Å². The number of nitrogens with zero attached hydrogens (tertiary/aromatic N) is 2.